The molecule has 0 saturated carbocycles. The molecule has 1 saturated heterocycles. The standard InChI is InChI=1S/C15H25N3O/c1-11-7-15(19-3)8-13(17-11)10-18-12(2)5-4-6-14(18)9-16/h7-8,12,14H,4-6,9-10,16H2,1-3H3. The third-order valence-corrected chi connectivity index (χ3v) is 4.03. The van der Waals surface area contributed by atoms with E-state index in [0.717, 1.165) is 30.2 Å². The van der Waals surface area contributed by atoms with Crippen LogP contribution in [0.3, 0.4) is 0 Å². The molecular weight excluding hydrogens is 238 g/mol. The van der Waals surface area contributed by atoms with Crippen molar-refractivity contribution in [1.29, 1.82) is 0 Å². The first-order valence-corrected chi connectivity index (χ1v) is 7.11. The number of rotatable bonds is 4. The van der Waals surface area contributed by atoms with Crippen LogP contribution in [0.4, 0.5) is 0 Å². The number of likely N-dealkylation sites (tertiary alicyclic amines) is 1. The van der Waals surface area contributed by atoms with E-state index in [1.165, 1.54) is 19.3 Å². The quantitative estimate of drug-likeness (QED) is 0.904. The molecule has 1 fully saturated rings. The van der Waals surface area contributed by atoms with Crippen molar-refractivity contribution in [3.63, 3.8) is 0 Å². The van der Waals surface area contributed by atoms with Crippen molar-refractivity contribution < 1.29 is 4.74 Å². The normalized spacial score (nSPS) is 24.4. The van der Waals surface area contributed by atoms with Crippen LogP contribution in [0, 0.1) is 6.92 Å². The predicted octanol–water partition coefficient (Wildman–Crippen LogP) is 2.10. The monoisotopic (exact) mass is 263 g/mol. The van der Waals surface area contributed by atoms with Gasteiger partial charge in [0.25, 0.3) is 0 Å². The van der Waals surface area contributed by atoms with Crippen molar-refractivity contribution in [3.05, 3.63) is 23.5 Å². The summed E-state index contributed by atoms with van der Waals surface area (Å²) in [7, 11) is 1.70. The van der Waals surface area contributed by atoms with Gasteiger partial charge in [0.15, 0.2) is 0 Å². The first-order chi connectivity index (χ1) is 9.13. The van der Waals surface area contributed by atoms with Crippen molar-refractivity contribution in [2.45, 2.75) is 51.7 Å². The number of hydrogen-bond donors (Lipinski definition) is 1. The number of nitrogens with two attached hydrogens (primary N) is 1. The highest BCUT2D eigenvalue weighted by atomic mass is 16.5. The van der Waals surface area contributed by atoms with Gasteiger partial charge in [-0.3, -0.25) is 9.88 Å². The van der Waals surface area contributed by atoms with Crippen LogP contribution < -0.4 is 10.5 Å². The van der Waals surface area contributed by atoms with Gasteiger partial charge in [-0.15, -0.1) is 0 Å². The van der Waals surface area contributed by atoms with Gasteiger partial charge in [0.05, 0.1) is 12.8 Å². The highest BCUT2D eigenvalue weighted by Gasteiger charge is 2.27. The molecule has 1 aliphatic rings. The lowest BCUT2D eigenvalue weighted by atomic mass is 9.96. The first kappa shape index (κ1) is 14.3. The molecule has 0 aromatic carbocycles. The number of aryl methyl sites for hydroxylation is 1. The summed E-state index contributed by atoms with van der Waals surface area (Å²) in [6, 6.07) is 5.05. The highest BCUT2D eigenvalue weighted by molar-refractivity contribution is 5.26. The molecule has 2 atom stereocenters. The zero-order valence-corrected chi connectivity index (χ0v) is 12.2. The van der Waals surface area contributed by atoms with Gasteiger partial charge < -0.3 is 10.5 Å². The van der Waals surface area contributed by atoms with Gasteiger partial charge in [0.2, 0.25) is 0 Å². The summed E-state index contributed by atoms with van der Waals surface area (Å²) >= 11 is 0. The fraction of sp³-hybridized carbons (Fsp3) is 0.667. The second-order valence-electron chi connectivity index (χ2n) is 5.48. The predicted molar refractivity (Wildman–Crippen MR) is 77.2 cm³/mol. The van der Waals surface area contributed by atoms with Gasteiger partial charge >= 0.3 is 0 Å². The number of nitrogens with zero attached hydrogens (tertiary/aromatic N) is 2. The minimum absolute atomic E-state index is 0.483. The fourth-order valence-corrected chi connectivity index (χ4v) is 2.97. The SMILES string of the molecule is COc1cc(C)nc(CN2C(C)CCCC2CN)c1. The molecule has 1 aromatic heterocycles. The van der Waals surface area contributed by atoms with Gasteiger partial charge in [0, 0.05) is 43.0 Å². The van der Waals surface area contributed by atoms with Crippen LogP contribution in [-0.4, -0.2) is 35.6 Å². The van der Waals surface area contributed by atoms with Crippen LogP contribution in [0.1, 0.15) is 37.6 Å². The molecule has 0 amide bonds. The Kier molecular flexibility index (Phi) is 4.77. The Bertz CT molecular complexity index is 422. The maximum absolute atomic E-state index is 5.91. The third kappa shape index (κ3) is 3.45. The number of aromatic nitrogens is 1. The molecule has 0 spiro atoms. The maximum Gasteiger partial charge on any atom is 0.122 e. The Morgan fingerprint density at radius 2 is 2.21 bits per heavy atom. The highest BCUT2D eigenvalue weighted by Crippen LogP contribution is 2.25. The van der Waals surface area contributed by atoms with E-state index in [4.69, 9.17) is 10.5 Å². The zero-order valence-electron chi connectivity index (χ0n) is 12.2. The Hall–Kier alpha value is -1.13. The lowest BCUT2D eigenvalue weighted by Crippen LogP contribution is -2.48. The zero-order chi connectivity index (χ0) is 13.8. The van der Waals surface area contributed by atoms with Crippen LogP contribution in [0.5, 0.6) is 5.75 Å². The van der Waals surface area contributed by atoms with Gasteiger partial charge in [0.1, 0.15) is 5.75 Å². The summed E-state index contributed by atoms with van der Waals surface area (Å²) in [6.07, 6.45) is 3.73. The first-order valence-electron chi connectivity index (χ1n) is 7.11. The summed E-state index contributed by atoms with van der Waals surface area (Å²) in [5.74, 6) is 0.886. The minimum atomic E-state index is 0.483. The van der Waals surface area contributed by atoms with Gasteiger partial charge in [-0.25, -0.2) is 0 Å². The van der Waals surface area contributed by atoms with E-state index in [2.05, 4.69) is 16.8 Å². The molecule has 2 unspecified atom stereocenters. The van der Waals surface area contributed by atoms with E-state index in [1.54, 1.807) is 7.11 Å². The van der Waals surface area contributed by atoms with Crippen molar-refractivity contribution >= 4 is 0 Å². The van der Waals surface area contributed by atoms with Crippen LogP contribution in [0.15, 0.2) is 12.1 Å². The molecule has 2 rings (SSSR count). The number of hydrogen-bond acceptors (Lipinski definition) is 4. The molecule has 19 heavy (non-hydrogen) atoms. The number of methoxy groups -OCH3 is 1. The Morgan fingerprint density at radius 1 is 1.42 bits per heavy atom. The van der Waals surface area contributed by atoms with Crippen molar-refractivity contribution in [2.24, 2.45) is 5.73 Å². The van der Waals surface area contributed by atoms with Gasteiger partial charge in [-0.2, -0.15) is 0 Å². The van der Waals surface area contributed by atoms with Crippen molar-refractivity contribution in [3.8, 4) is 5.75 Å². The lowest BCUT2D eigenvalue weighted by Gasteiger charge is -2.40. The van der Waals surface area contributed by atoms with E-state index in [0.29, 0.717) is 12.1 Å². The molecule has 1 aromatic rings. The molecule has 0 radical (unpaired) electrons. The van der Waals surface area contributed by atoms with E-state index in [9.17, 15) is 0 Å². The maximum atomic E-state index is 5.91. The Labute approximate surface area is 116 Å². The van der Waals surface area contributed by atoms with Crippen molar-refractivity contribution in [1.82, 2.24) is 9.88 Å². The second kappa shape index (κ2) is 6.35. The van der Waals surface area contributed by atoms with Crippen LogP contribution in [0.2, 0.25) is 0 Å². The van der Waals surface area contributed by atoms with E-state index in [1.807, 2.05) is 19.1 Å². The van der Waals surface area contributed by atoms with E-state index < -0.39 is 0 Å². The molecule has 4 heteroatoms. The number of piperidine rings is 1. The largest absolute Gasteiger partial charge is 0.497 e. The van der Waals surface area contributed by atoms with Crippen LogP contribution in [0.25, 0.3) is 0 Å². The van der Waals surface area contributed by atoms with Gasteiger partial charge in [-0.1, -0.05) is 6.42 Å². The molecule has 106 valence electrons. The van der Waals surface area contributed by atoms with Crippen LogP contribution in [-0.2, 0) is 6.54 Å². The summed E-state index contributed by atoms with van der Waals surface area (Å²) in [5.41, 5.74) is 7.98. The lowest BCUT2D eigenvalue weighted by molar-refractivity contribution is 0.0877. The molecule has 0 aliphatic carbocycles. The van der Waals surface area contributed by atoms with Crippen LogP contribution >= 0.6 is 0 Å². The Balaban J connectivity index is 2.16. The molecule has 2 heterocycles. The second-order valence-corrected chi connectivity index (χ2v) is 5.48. The topological polar surface area (TPSA) is 51.4 Å². The molecular formula is C15H25N3O. The number of pyridine rings is 1. The van der Waals surface area contributed by atoms with E-state index >= 15 is 0 Å². The summed E-state index contributed by atoms with van der Waals surface area (Å²) in [4.78, 5) is 7.11. The average Bonchev–Trinajstić information content (AvgIpc) is 2.40. The fourth-order valence-electron chi connectivity index (χ4n) is 2.97. The van der Waals surface area contributed by atoms with Crippen molar-refractivity contribution in [2.75, 3.05) is 13.7 Å². The molecule has 0 bridgehead atoms. The summed E-state index contributed by atoms with van der Waals surface area (Å²) < 4.78 is 5.32. The van der Waals surface area contributed by atoms with Gasteiger partial charge in [-0.05, 0) is 26.7 Å². The summed E-state index contributed by atoms with van der Waals surface area (Å²) in [5, 5.41) is 0. The smallest absolute Gasteiger partial charge is 0.122 e. The molecule has 4 nitrogen and oxygen atoms in total. The average molecular weight is 263 g/mol. The Morgan fingerprint density at radius 3 is 2.89 bits per heavy atom. The molecule has 2 N–H and O–H groups in total. The van der Waals surface area contributed by atoms with E-state index in [-0.39, 0.29) is 0 Å². The minimum Gasteiger partial charge on any atom is -0.497 e. The number of ether oxygens (including phenoxy) is 1. The molecule has 1 aliphatic heterocycles. The summed E-state index contributed by atoms with van der Waals surface area (Å²) in [6.45, 7) is 5.88. The third-order valence-electron chi connectivity index (χ3n) is 4.03.